The number of hydrogen-bond acceptors (Lipinski definition) is 2. The first-order valence-corrected chi connectivity index (χ1v) is 6.10. The number of aliphatic carboxylic acids is 1. The number of nitrogens with zero attached hydrogens (tertiary/aromatic N) is 2. The molecule has 0 saturated carbocycles. The third kappa shape index (κ3) is 2.76. The van der Waals surface area contributed by atoms with Gasteiger partial charge in [-0.2, -0.15) is 0 Å². The largest absolute Gasteiger partial charge is 0.480 e. The number of carboxylic acids is 1. The number of hydrogen-bond donors (Lipinski definition) is 1. The van der Waals surface area contributed by atoms with Gasteiger partial charge in [0.05, 0.1) is 0 Å². The Labute approximate surface area is 111 Å². The zero-order valence-corrected chi connectivity index (χ0v) is 10.6. The van der Waals surface area contributed by atoms with E-state index in [1.54, 1.807) is 4.90 Å². The van der Waals surface area contributed by atoms with Crippen LogP contribution in [0.1, 0.15) is 5.56 Å². The second-order valence-corrected chi connectivity index (χ2v) is 4.38. The lowest BCUT2D eigenvalue weighted by molar-refractivity contribution is -0.137. The topological polar surface area (TPSA) is 60.9 Å². The van der Waals surface area contributed by atoms with Crippen molar-refractivity contribution >= 4 is 17.7 Å². The molecule has 1 aromatic carbocycles. The standard InChI is InChI=1S/C14H16N2O3/c1-2-8-15(10-13(17)18)14(19)16-9-7-11-5-3-4-6-12(11)16/h2-6H,1,7-10H2,(H,17,18). The summed E-state index contributed by atoms with van der Waals surface area (Å²) in [5.41, 5.74) is 1.98. The van der Waals surface area contributed by atoms with Crippen molar-refractivity contribution in [2.75, 3.05) is 24.5 Å². The summed E-state index contributed by atoms with van der Waals surface area (Å²) in [6.07, 6.45) is 2.33. The summed E-state index contributed by atoms with van der Waals surface area (Å²) in [4.78, 5) is 26.1. The average molecular weight is 260 g/mol. The van der Waals surface area contributed by atoms with Crippen molar-refractivity contribution in [2.24, 2.45) is 0 Å². The van der Waals surface area contributed by atoms with E-state index in [0.29, 0.717) is 6.54 Å². The van der Waals surface area contributed by atoms with E-state index in [1.807, 2.05) is 24.3 Å². The summed E-state index contributed by atoms with van der Waals surface area (Å²) >= 11 is 0. The zero-order valence-electron chi connectivity index (χ0n) is 10.6. The Morgan fingerprint density at radius 2 is 2.16 bits per heavy atom. The fraction of sp³-hybridized carbons (Fsp3) is 0.286. The van der Waals surface area contributed by atoms with Crippen molar-refractivity contribution < 1.29 is 14.7 Å². The van der Waals surface area contributed by atoms with Gasteiger partial charge in [-0.05, 0) is 18.1 Å². The number of carboxylic acid groups (broad SMARTS) is 1. The van der Waals surface area contributed by atoms with Crippen molar-refractivity contribution in [3.63, 3.8) is 0 Å². The van der Waals surface area contributed by atoms with Crippen molar-refractivity contribution in [2.45, 2.75) is 6.42 Å². The minimum absolute atomic E-state index is 0.226. The molecule has 1 aromatic rings. The third-order valence-electron chi connectivity index (χ3n) is 3.06. The van der Waals surface area contributed by atoms with Crippen LogP contribution >= 0.6 is 0 Å². The second-order valence-electron chi connectivity index (χ2n) is 4.38. The molecule has 5 nitrogen and oxygen atoms in total. The Morgan fingerprint density at radius 1 is 1.42 bits per heavy atom. The first-order valence-electron chi connectivity index (χ1n) is 6.10. The minimum Gasteiger partial charge on any atom is -0.480 e. The van der Waals surface area contributed by atoms with E-state index in [4.69, 9.17) is 5.11 Å². The maximum absolute atomic E-state index is 12.4. The number of benzene rings is 1. The SMILES string of the molecule is C=CCN(CC(=O)O)C(=O)N1CCc2ccccc21. The van der Waals surface area contributed by atoms with Crippen LogP contribution in [-0.4, -0.2) is 41.6 Å². The molecule has 0 fully saturated rings. The van der Waals surface area contributed by atoms with Crippen molar-refractivity contribution in [1.82, 2.24) is 4.90 Å². The molecular weight excluding hydrogens is 244 g/mol. The number of amides is 2. The van der Waals surface area contributed by atoms with Crippen LogP contribution in [0.3, 0.4) is 0 Å². The highest BCUT2D eigenvalue weighted by Crippen LogP contribution is 2.28. The summed E-state index contributed by atoms with van der Waals surface area (Å²) < 4.78 is 0. The van der Waals surface area contributed by atoms with Gasteiger partial charge in [-0.3, -0.25) is 9.69 Å². The fourth-order valence-electron chi connectivity index (χ4n) is 2.24. The van der Waals surface area contributed by atoms with Crippen LogP contribution < -0.4 is 4.90 Å². The van der Waals surface area contributed by atoms with E-state index < -0.39 is 5.97 Å². The summed E-state index contributed by atoms with van der Waals surface area (Å²) in [6, 6.07) is 7.39. The molecule has 0 aliphatic carbocycles. The van der Waals surface area contributed by atoms with Crippen LogP contribution in [-0.2, 0) is 11.2 Å². The van der Waals surface area contributed by atoms with Gasteiger partial charge in [0.2, 0.25) is 0 Å². The number of para-hydroxylation sites is 1. The molecule has 19 heavy (non-hydrogen) atoms. The molecule has 5 heteroatoms. The van der Waals surface area contributed by atoms with E-state index in [-0.39, 0.29) is 19.1 Å². The molecule has 0 bridgehead atoms. The third-order valence-corrected chi connectivity index (χ3v) is 3.06. The normalized spacial score (nSPS) is 12.9. The van der Waals surface area contributed by atoms with Gasteiger partial charge in [0, 0.05) is 18.8 Å². The number of carbonyl (C=O) groups is 2. The molecule has 0 radical (unpaired) electrons. The molecule has 0 aromatic heterocycles. The fourth-order valence-corrected chi connectivity index (χ4v) is 2.24. The maximum atomic E-state index is 12.4. The van der Waals surface area contributed by atoms with E-state index >= 15 is 0 Å². The lowest BCUT2D eigenvalue weighted by atomic mass is 10.2. The highest BCUT2D eigenvalue weighted by Gasteiger charge is 2.28. The molecular formula is C14H16N2O3. The molecule has 1 aliphatic rings. The van der Waals surface area contributed by atoms with Crippen molar-refractivity contribution in [3.8, 4) is 0 Å². The Bertz CT molecular complexity index is 513. The van der Waals surface area contributed by atoms with E-state index in [1.165, 1.54) is 11.0 Å². The van der Waals surface area contributed by atoms with Crippen LogP contribution in [0.25, 0.3) is 0 Å². The van der Waals surface area contributed by atoms with E-state index in [9.17, 15) is 9.59 Å². The number of fused-ring (bicyclic) bond motifs is 1. The van der Waals surface area contributed by atoms with E-state index in [2.05, 4.69) is 6.58 Å². The highest BCUT2D eigenvalue weighted by molar-refractivity contribution is 5.95. The molecule has 2 amide bonds. The predicted octanol–water partition coefficient (Wildman–Crippen LogP) is 1.74. The van der Waals surface area contributed by atoms with Gasteiger partial charge in [-0.15, -0.1) is 6.58 Å². The second kappa shape index (κ2) is 5.56. The molecule has 100 valence electrons. The molecule has 2 rings (SSSR count). The van der Waals surface area contributed by atoms with E-state index in [0.717, 1.165) is 17.7 Å². The summed E-state index contributed by atoms with van der Waals surface area (Å²) in [5.74, 6) is -1.03. The lowest BCUT2D eigenvalue weighted by Gasteiger charge is -2.26. The van der Waals surface area contributed by atoms with Crippen molar-refractivity contribution in [1.29, 1.82) is 0 Å². The van der Waals surface area contributed by atoms with Gasteiger partial charge < -0.3 is 10.0 Å². The average Bonchev–Trinajstić information content (AvgIpc) is 2.80. The summed E-state index contributed by atoms with van der Waals surface area (Å²) in [6.45, 7) is 4.05. The molecule has 1 aliphatic heterocycles. The number of rotatable bonds is 4. The van der Waals surface area contributed by atoms with Gasteiger partial charge in [0.25, 0.3) is 0 Å². The summed E-state index contributed by atoms with van der Waals surface area (Å²) in [5, 5.41) is 8.85. The Hall–Kier alpha value is -2.30. The predicted molar refractivity (Wildman–Crippen MR) is 72.3 cm³/mol. The van der Waals surface area contributed by atoms with Gasteiger partial charge in [0.1, 0.15) is 6.54 Å². The monoisotopic (exact) mass is 260 g/mol. The number of carbonyl (C=O) groups excluding carboxylic acids is 1. The molecule has 0 unspecified atom stereocenters. The summed E-state index contributed by atoms with van der Waals surface area (Å²) in [7, 11) is 0. The van der Waals surface area contributed by atoms with Crippen LogP contribution in [0.4, 0.5) is 10.5 Å². The van der Waals surface area contributed by atoms with Crippen LogP contribution in [0, 0.1) is 0 Å². The van der Waals surface area contributed by atoms with Crippen LogP contribution in [0.15, 0.2) is 36.9 Å². The molecule has 0 atom stereocenters. The van der Waals surface area contributed by atoms with Crippen LogP contribution in [0.2, 0.25) is 0 Å². The Kier molecular flexibility index (Phi) is 3.85. The van der Waals surface area contributed by atoms with Gasteiger partial charge >= 0.3 is 12.0 Å². The lowest BCUT2D eigenvalue weighted by Crippen LogP contribution is -2.45. The molecule has 1 heterocycles. The number of urea groups is 1. The van der Waals surface area contributed by atoms with Gasteiger partial charge in [-0.25, -0.2) is 4.79 Å². The molecule has 1 N–H and O–H groups in total. The van der Waals surface area contributed by atoms with Gasteiger partial charge in [0.15, 0.2) is 0 Å². The van der Waals surface area contributed by atoms with Crippen molar-refractivity contribution in [3.05, 3.63) is 42.5 Å². The highest BCUT2D eigenvalue weighted by atomic mass is 16.4. The minimum atomic E-state index is -1.03. The van der Waals surface area contributed by atoms with Gasteiger partial charge in [-0.1, -0.05) is 24.3 Å². The van der Waals surface area contributed by atoms with Crippen LogP contribution in [0.5, 0.6) is 0 Å². The first kappa shape index (κ1) is 13.1. The first-order chi connectivity index (χ1) is 9.13. The molecule has 0 spiro atoms. The maximum Gasteiger partial charge on any atom is 0.325 e. The quantitative estimate of drug-likeness (QED) is 0.839. The Morgan fingerprint density at radius 3 is 2.84 bits per heavy atom. The molecule has 0 saturated heterocycles. The zero-order chi connectivity index (χ0) is 13.8. The smallest absolute Gasteiger partial charge is 0.325 e. The Balaban J connectivity index is 2.19. The number of anilines is 1.